The Morgan fingerprint density at radius 1 is 1.38 bits per heavy atom. The summed E-state index contributed by atoms with van der Waals surface area (Å²) in [6, 6.07) is 6.29. The molecule has 0 radical (unpaired) electrons. The third-order valence-electron chi connectivity index (χ3n) is 2.33. The minimum absolute atomic E-state index is 0.149. The Labute approximate surface area is 92.5 Å². The second-order valence-corrected chi connectivity index (χ2v) is 3.78. The predicted molar refractivity (Wildman–Crippen MR) is 57.0 cm³/mol. The highest BCUT2D eigenvalue weighted by atomic mass is 16.4. The number of hydrogen-bond acceptors (Lipinski definition) is 3. The quantitative estimate of drug-likeness (QED) is 0.692. The number of rotatable bonds is 4. The maximum Gasteiger partial charge on any atom is 0.328 e. The SMILES string of the molecule is CC(N)(C(=O)O)c1cccc(CC(=O)O)c1. The van der Waals surface area contributed by atoms with Gasteiger partial charge in [-0.3, -0.25) is 4.79 Å². The van der Waals surface area contributed by atoms with Crippen molar-refractivity contribution in [3.63, 3.8) is 0 Å². The van der Waals surface area contributed by atoms with Crippen LogP contribution in [0.1, 0.15) is 18.1 Å². The van der Waals surface area contributed by atoms with Crippen LogP contribution >= 0.6 is 0 Å². The first-order valence-electron chi connectivity index (χ1n) is 4.67. The Kier molecular flexibility index (Phi) is 3.29. The van der Waals surface area contributed by atoms with Crippen LogP contribution in [0.3, 0.4) is 0 Å². The molecule has 0 saturated carbocycles. The Bertz CT molecular complexity index is 426. The number of hydrogen-bond donors (Lipinski definition) is 3. The molecule has 0 aliphatic heterocycles. The van der Waals surface area contributed by atoms with E-state index < -0.39 is 17.5 Å². The lowest BCUT2D eigenvalue weighted by Crippen LogP contribution is -2.41. The molecule has 1 aromatic rings. The van der Waals surface area contributed by atoms with Crippen molar-refractivity contribution < 1.29 is 19.8 Å². The lowest BCUT2D eigenvalue weighted by Gasteiger charge is -2.20. The Hall–Kier alpha value is -1.88. The van der Waals surface area contributed by atoms with Gasteiger partial charge in [-0.1, -0.05) is 24.3 Å². The second kappa shape index (κ2) is 4.32. The van der Waals surface area contributed by atoms with Crippen LogP contribution in [0.2, 0.25) is 0 Å². The van der Waals surface area contributed by atoms with Gasteiger partial charge in [0.05, 0.1) is 6.42 Å². The number of carboxylic acids is 2. The van der Waals surface area contributed by atoms with Crippen molar-refractivity contribution in [2.75, 3.05) is 0 Å². The van der Waals surface area contributed by atoms with E-state index in [0.717, 1.165) is 0 Å². The van der Waals surface area contributed by atoms with Crippen molar-refractivity contribution in [1.82, 2.24) is 0 Å². The molecule has 1 aromatic carbocycles. The molecular weight excluding hydrogens is 210 g/mol. The minimum atomic E-state index is -1.51. The fraction of sp³-hybridized carbons (Fsp3) is 0.273. The first-order valence-corrected chi connectivity index (χ1v) is 4.67. The molecule has 5 nitrogen and oxygen atoms in total. The van der Waals surface area contributed by atoms with Gasteiger partial charge in [-0.05, 0) is 18.1 Å². The van der Waals surface area contributed by atoms with E-state index in [0.29, 0.717) is 11.1 Å². The molecule has 0 aliphatic rings. The van der Waals surface area contributed by atoms with Crippen molar-refractivity contribution in [3.8, 4) is 0 Å². The van der Waals surface area contributed by atoms with E-state index in [1.807, 2.05) is 0 Å². The van der Waals surface area contributed by atoms with E-state index in [1.54, 1.807) is 18.2 Å². The number of carbonyl (C=O) groups is 2. The van der Waals surface area contributed by atoms with Gasteiger partial charge in [0, 0.05) is 0 Å². The molecule has 0 saturated heterocycles. The lowest BCUT2D eigenvalue weighted by atomic mass is 9.91. The smallest absolute Gasteiger partial charge is 0.328 e. The monoisotopic (exact) mass is 223 g/mol. The molecule has 0 bridgehead atoms. The molecule has 16 heavy (non-hydrogen) atoms. The molecule has 4 N–H and O–H groups in total. The second-order valence-electron chi connectivity index (χ2n) is 3.78. The largest absolute Gasteiger partial charge is 0.481 e. The lowest BCUT2D eigenvalue weighted by molar-refractivity contribution is -0.143. The van der Waals surface area contributed by atoms with Gasteiger partial charge in [-0.25, -0.2) is 4.79 Å². The van der Waals surface area contributed by atoms with Crippen LogP contribution in [0.5, 0.6) is 0 Å². The molecule has 0 spiro atoms. The van der Waals surface area contributed by atoms with E-state index in [2.05, 4.69) is 0 Å². The van der Waals surface area contributed by atoms with E-state index in [-0.39, 0.29) is 6.42 Å². The first kappa shape index (κ1) is 12.2. The van der Waals surface area contributed by atoms with Gasteiger partial charge in [-0.2, -0.15) is 0 Å². The topological polar surface area (TPSA) is 101 Å². The fourth-order valence-electron chi connectivity index (χ4n) is 1.30. The van der Waals surface area contributed by atoms with Crippen LogP contribution in [0.25, 0.3) is 0 Å². The highest BCUT2D eigenvalue weighted by Gasteiger charge is 2.30. The maximum atomic E-state index is 10.9. The van der Waals surface area contributed by atoms with Crippen LogP contribution in [0, 0.1) is 0 Å². The summed E-state index contributed by atoms with van der Waals surface area (Å²) in [6.07, 6.45) is -0.149. The summed E-state index contributed by atoms with van der Waals surface area (Å²) in [6.45, 7) is 1.37. The molecule has 0 fully saturated rings. The summed E-state index contributed by atoms with van der Waals surface area (Å²) in [4.78, 5) is 21.4. The van der Waals surface area contributed by atoms with Gasteiger partial charge >= 0.3 is 11.9 Å². The summed E-state index contributed by atoms with van der Waals surface area (Å²) in [5.41, 5.74) is 5.05. The Morgan fingerprint density at radius 2 is 2.00 bits per heavy atom. The number of nitrogens with two attached hydrogens (primary N) is 1. The number of benzene rings is 1. The zero-order valence-electron chi connectivity index (χ0n) is 8.80. The van der Waals surface area contributed by atoms with Gasteiger partial charge in [0.2, 0.25) is 0 Å². The molecular formula is C11H13NO4. The summed E-state index contributed by atoms with van der Waals surface area (Å²) in [5.74, 6) is -2.12. The summed E-state index contributed by atoms with van der Waals surface area (Å²) in [7, 11) is 0. The molecule has 5 heteroatoms. The molecule has 1 atom stereocenters. The van der Waals surface area contributed by atoms with E-state index in [4.69, 9.17) is 15.9 Å². The normalized spacial score (nSPS) is 14.1. The summed E-state index contributed by atoms with van der Waals surface area (Å²) >= 11 is 0. The van der Waals surface area contributed by atoms with Crippen LogP contribution < -0.4 is 5.73 Å². The first-order chi connectivity index (χ1) is 7.34. The van der Waals surface area contributed by atoms with Crippen molar-refractivity contribution in [3.05, 3.63) is 35.4 Å². The zero-order chi connectivity index (χ0) is 12.3. The highest BCUT2D eigenvalue weighted by Crippen LogP contribution is 2.19. The molecule has 1 rings (SSSR count). The maximum absolute atomic E-state index is 10.9. The molecule has 0 aliphatic carbocycles. The molecule has 0 aromatic heterocycles. The van der Waals surface area contributed by atoms with Crippen LogP contribution in [0.4, 0.5) is 0 Å². The number of aliphatic carboxylic acids is 2. The van der Waals surface area contributed by atoms with Crippen molar-refractivity contribution in [2.24, 2.45) is 5.73 Å². The van der Waals surface area contributed by atoms with Crippen LogP contribution in [-0.2, 0) is 21.5 Å². The van der Waals surface area contributed by atoms with Gasteiger partial charge in [-0.15, -0.1) is 0 Å². The minimum Gasteiger partial charge on any atom is -0.481 e. The summed E-state index contributed by atoms with van der Waals surface area (Å²) in [5, 5.41) is 17.5. The van der Waals surface area contributed by atoms with Crippen LogP contribution in [0.15, 0.2) is 24.3 Å². The standard InChI is InChI=1S/C11H13NO4/c1-11(12,10(15)16)8-4-2-3-7(5-8)6-9(13)14/h2-5H,6,12H2,1H3,(H,13,14)(H,15,16). The Morgan fingerprint density at radius 3 is 2.50 bits per heavy atom. The van der Waals surface area contributed by atoms with Crippen molar-refractivity contribution in [1.29, 1.82) is 0 Å². The average Bonchev–Trinajstić information content (AvgIpc) is 2.16. The Balaban J connectivity index is 3.07. The van der Waals surface area contributed by atoms with E-state index in [1.165, 1.54) is 13.0 Å². The predicted octanol–water partition coefficient (Wildman–Crippen LogP) is 0.572. The van der Waals surface area contributed by atoms with E-state index in [9.17, 15) is 9.59 Å². The van der Waals surface area contributed by atoms with Gasteiger partial charge in [0.15, 0.2) is 0 Å². The van der Waals surface area contributed by atoms with Crippen molar-refractivity contribution >= 4 is 11.9 Å². The molecule has 0 heterocycles. The van der Waals surface area contributed by atoms with Gasteiger partial charge < -0.3 is 15.9 Å². The van der Waals surface area contributed by atoms with Crippen LogP contribution in [-0.4, -0.2) is 22.2 Å². The van der Waals surface area contributed by atoms with E-state index >= 15 is 0 Å². The third-order valence-corrected chi connectivity index (χ3v) is 2.33. The third kappa shape index (κ3) is 2.58. The zero-order valence-corrected chi connectivity index (χ0v) is 8.80. The molecule has 86 valence electrons. The fourth-order valence-corrected chi connectivity index (χ4v) is 1.30. The highest BCUT2D eigenvalue weighted by molar-refractivity contribution is 5.80. The van der Waals surface area contributed by atoms with Crippen molar-refractivity contribution in [2.45, 2.75) is 18.9 Å². The average molecular weight is 223 g/mol. The molecule has 1 unspecified atom stereocenters. The van der Waals surface area contributed by atoms with Gasteiger partial charge in [0.1, 0.15) is 5.54 Å². The summed E-state index contributed by atoms with van der Waals surface area (Å²) < 4.78 is 0. The molecule has 0 amide bonds. The van der Waals surface area contributed by atoms with Gasteiger partial charge in [0.25, 0.3) is 0 Å². The number of carboxylic acid groups (broad SMARTS) is 2.